The molecule has 0 saturated carbocycles. The number of aryl methyl sites for hydroxylation is 1. The summed E-state index contributed by atoms with van der Waals surface area (Å²) in [6.07, 6.45) is -0.705. The predicted octanol–water partition coefficient (Wildman–Crippen LogP) is 1.12. The number of nitrogens with one attached hydrogen (secondary N) is 1. The van der Waals surface area contributed by atoms with Crippen molar-refractivity contribution >= 4 is 5.91 Å². The Hall–Kier alpha value is -2.96. The number of methoxy groups -OCH3 is 1. The molecule has 2 aromatic rings. The van der Waals surface area contributed by atoms with Gasteiger partial charge >= 0.3 is 0 Å². The second-order valence-corrected chi connectivity index (χ2v) is 5.68. The Bertz CT molecular complexity index is 830. The molecule has 1 aromatic carbocycles. The zero-order valence-corrected chi connectivity index (χ0v) is 14.2. The molecule has 2 heterocycles. The summed E-state index contributed by atoms with van der Waals surface area (Å²) in [5.41, 5.74) is 0.599. The highest BCUT2D eigenvalue weighted by Crippen LogP contribution is 2.30. The van der Waals surface area contributed by atoms with E-state index in [9.17, 15) is 9.59 Å². The van der Waals surface area contributed by atoms with Crippen molar-refractivity contribution in [1.82, 2.24) is 9.88 Å². The van der Waals surface area contributed by atoms with Gasteiger partial charge in [0.15, 0.2) is 11.5 Å². The van der Waals surface area contributed by atoms with Gasteiger partial charge in [0.25, 0.3) is 11.5 Å². The van der Waals surface area contributed by atoms with E-state index in [0.29, 0.717) is 30.3 Å². The lowest BCUT2D eigenvalue weighted by Crippen LogP contribution is -2.45. The molecular weight excluding hydrogens is 324 g/mol. The van der Waals surface area contributed by atoms with Crippen molar-refractivity contribution in [1.29, 1.82) is 0 Å². The summed E-state index contributed by atoms with van der Waals surface area (Å²) < 4.78 is 17.8. The van der Waals surface area contributed by atoms with E-state index in [1.807, 2.05) is 19.1 Å². The van der Waals surface area contributed by atoms with Gasteiger partial charge in [0.05, 0.1) is 7.11 Å². The molecule has 0 saturated heterocycles. The maximum atomic E-state index is 12.2. The van der Waals surface area contributed by atoms with Crippen LogP contribution in [0.5, 0.6) is 17.2 Å². The molecule has 1 aliphatic rings. The van der Waals surface area contributed by atoms with Crippen molar-refractivity contribution in [2.75, 3.05) is 20.3 Å². The van der Waals surface area contributed by atoms with Crippen molar-refractivity contribution < 1.29 is 19.0 Å². The summed E-state index contributed by atoms with van der Waals surface area (Å²) >= 11 is 0. The highest BCUT2D eigenvalue weighted by atomic mass is 16.6. The summed E-state index contributed by atoms with van der Waals surface area (Å²) in [7, 11) is 1.52. The van der Waals surface area contributed by atoms with Gasteiger partial charge in [-0.15, -0.1) is 0 Å². The molecule has 7 heteroatoms. The van der Waals surface area contributed by atoms with Gasteiger partial charge in [-0.2, -0.15) is 0 Å². The molecule has 0 radical (unpaired) electrons. The maximum Gasteiger partial charge on any atom is 0.264 e. The molecule has 0 aliphatic carbocycles. The first-order valence-corrected chi connectivity index (χ1v) is 8.00. The number of amides is 1. The molecular formula is C18H20N2O5. The van der Waals surface area contributed by atoms with E-state index in [-0.39, 0.29) is 18.1 Å². The lowest BCUT2D eigenvalue weighted by Gasteiger charge is -2.25. The number of benzene rings is 1. The molecule has 1 atom stereocenters. The molecule has 132 valence electrons. The third kappa shape index (κ3) is 3.76. The third-order valence-corrected chi connectivity index (χ3v) is 3.98. The molecule has 1 N–H and O–H groups in total. The van der Waals surface area contributed by atoms with Crippen molar-refractivity contribution in [2.45, 2.75) is 19.6 Å². The van der Waals surface area contributed by atoms with Crippen LogP contribution in [0.15, 0.2) is 41.2 Å². The van der Waals surface area contributed by atoms with E-state index < -0.39 is 6.10 Å². The van der Waals surface area contributed by atoms with Gasteiger partial charge in [-0.05, 0) is 25.1 Å². The van der Waals surface area contributed by atoms with Crippen LogP contribution < -0.4 is 25.1 Å². The minimum atomic E-state index is -0.705. The first-order valence-electron chi connectivity index (χ1n) is 8.00. The number of hydrogen-bond acceptors (Lipinski definition) is 5. The molecule has 1 amide bonds. The first-order chi connectivity index (χ1) is 12.1. The number of para-hydroxylation sites is 2. The Morgan fingerprint density at radius 2 is 2.08 bits per heavy atom. The number of pyridine rings is 1. The summed E-state index contributed by atoms with van der Waals surface area (Å²) in [5.74, 6) is 1.44. The number of fused-ring (bicyclic) bond motifs is 1. The van der Waals surface area contributed by atoms with Crippen LogP contribution in [0.2, 0.25) is 0 Å². The van der Waals surface area contributed by atoms with Crippen molar-refractivity contribution in [3.8, 4) is 17.2 Å². The number of carbonyl (C=O) groups excluding carboxylic acids is 1. The summed E-state index contributed by atoms with van der Waals surface area (Å²) in [6.45, 7) is 2.66. The number of rotatable bonds is 5. The lowest BCUT2D eigenvalue weighted by molar-refractivity contribution is -0.130. The Labute approximate surface area is 145 Å². The average Bonchev–Trinajstić information content (AvgIpc) is 2.63. The van der Waals surface area contributed by atoms with Gasteiger partial charge in [-0.1, -0.05) is 12.1 Å². The van der Waals surface area contributed by atoms with Gasteiger partial charge in [-0.25, -0.2) is 0 Å². The SMILES string of the molecule is COc1cc(C)n(CCNC(=O)C2COc3ccccc3O2)c(=O)c1. The normalized spacial score (nSPS) is 15.5. The number of hydrogen-bond donors (Lipinski definition) is 1. The molecule has 1 aromatic heterocycles. The molecule has 3 rings (SSSR count). The van der Waals surface area contributed by atoms with Gasteiger partial charge in [-0.3, -0.25) is 9.59 Å². The van der Waals surface area contributed by atoms with E-state index in [2.05, 4.69) is 5.32 Å². The number of nitrogens with zero attached hydrogens (tertiary/aromatic N) is 1. The quantitative estimate of drug-likeness (QED) is 0.879. The van der Waals surface area contributed by atoms with E-state index in [4.69, 9.17) is 14.2 Å². The minimum Gasteiger partial charge on any atom is -0.496 e. The largest absolute Gasteiger partial charge is 0.496 e. The van der Waals surface area contributed by atoms with E-state index in [1.165, 1.54) is 13.2 Å². The second-order valence-electron chi connectivity index (χ2n) is 5.68. The van der Waals surface area contributed by atoms with Crippen molar-refractivity contribution in [2.24, 2.45) is 0 Å². The Balaban J connectivity index is 1.56. The third-order valence-electron chi connectivity index (χ3n) is 3.98. The van der Waals surface area contributed by atoms with Crippen LogP contribution in [0.3, 0.4) is 0 Å². The van der Waals surface area contributed by atoms with Gasteiger partial charge in [0, 0.05) is 24.8 Å². The van der Waals surface area contributed by atoms with Crippen LogP contribution in [-0.4, -0.2) is 36.8 Å². The zero-order chi connectivity index (χ0) is 17.8. The molecule has 7 nitrogen and oxygen atoms in total. The lowest BCUT2D eigenvalue weighted by atomic mass is 10.2. The molecule has 25 heavy (non-hydrogen) atoms. The molecule has 0 spiro atoms. The Morgan fingerprint density at radius 3 is 2.80 bits per heavy atom. The smallest absolute Gasteiger partial charge is 0.264 e. The highest BCUT2D eigenvalue weighted by Gasteiger charge is 2.26. The topological polar surface area (TPSA) is 78.8 Å². The molecule has 0 bridgehead atoms. The number of aromatic nitrogens is 1. The van der Waals surface area contributed by atoms with E-state index in [1.54, 1.807) is 22.8 Å². The Morgan fingerprint density at radius 1 is 1.32 bits per heavy atom. The zero-order valence-electron chi connectivity index (χ0n) is 14.2. The van der Waals surface area contributed by atoms with Gasteiger partial charge < -0.3 is 24.1 Å². The maximum absolute atomic E-state index is 12.2. The fourth-order valence-electron chi connectivity index (χ4n) is 2.66. The molecule has 1 aliphatic heterocycles. The van der Waals surface area contributed by atoms with Crippen molar-refractivity contribution in [3.05, 3.63) is 52.4 Å². The van der Waals surface area contributed by atoms with Crippen LogP contribution in [0, 0.1) is 6.92 Å². The minimum absolute atomic E-state index is 0.157. The van der Waals surface area contributed by atoms with Crippen LogP contribution in [-0.2, 0) is 11.3 Å². The summed E-state index contributed by atoms with van der Waals surface area (Å²) in [5, 5.41) is 2.78. The van der Waals surface area contributed by atoms with Crippen LogP contribution in [0.4, 0.5) is 0 Å². The van der Waals surface area contributed by atoms with Gasteiger partial charge in [0.1, 0.15) is 12.4 Å². The van der Waals surface area contributed by atoms with E-state index >= 15 is 0 Å². The monoisotopic (exact) mass is 344 g/mol. The van der Waals surface area contributed by atoms with Crippen molar-refractivity contribution in [3.63, 3.8) is 0 Å². The highest BCUT2D eigenvalue weighted by molar-refractivity contribution is 5.81. The van der Waals surface area contributed by atoms with Gasteiger partial charge in [0.2, 0.25) is 6.10 Å². The molecule has 1 unspecified atom stereocenters. The fourth-order valence-corrected chi connectivity index (χ4v) is 2.66. The Kier molecular flexibility index (Phi) is 4.92. The summed E-state index contributed by atoms with van der Waals surface area (Å²) in [4.78, 5) is 24.3. The van der Waals surface area contributed by atoms with Crippen LogP contribution in [0.1, 0.15) is 5.69 Å². The molecule has 0 fully saturated rings. The summed E-state index contributed by atoms with van der Waals surface area (Å²) in [6, 6.07) is 10.4. The van der Waals surface area contributed by atoms with E-state index in [0.717, 1.165) is 5.69 Å². The fraction of sp³-hybridized carbons (Fsp3) is 0.333. The predicted molar refractivity (Wildman–Crippen MR) is 91.4 cm³/mol. The van der Waals surface area contributed by atoms with Crippen LogP contribution in [0.25, 0.3) is 0 Å². The second kappa shape index (κ2) is 7.29. The number of carbonyl (C=O) groups is 1. The first kappa shape index (κ1) is 16.9. The standard InChI is InChI=1S/C18H20N2O5/c1-12-9-13(23-2)10-17(21)20(12)8-7-19-18(22)16-11-24-14-5-3-4-6-15(14)25-16/h3-6,9-10,16H,7-8,11H2,1-2H3,(H,19,22). The average molecular weight is 344 g/mol. The van der Waals surface area contributed by atoms with Crippen LogP contribution >= 0.6 is 0 Å². The number of ether oxygens (including phenoxy) is 3.